The van der Waals surface area contributed by atoms with Crippen LogP contribution in [0.1, 0.15) is 19.7 Å². The fourth-order valence-electron chi connectivity index (χ4n) is 1.36. The van der Waals surface area contributed by atoms with E-state index in [0.717, 1.165) is 11.8 Å². The molecule has 0 aliphatic rings. The van der Waals surface area contributed by atoms with Crippen molar-refractivity contribution >= 4 is 17.7 Å². The predicted octanol–water partition coefficient (Wildman–Crippen LogP) is 0.287. The lowest BCUT2D eigenvalue weighted by Gasteiger charge is -2.33. The Morgan fingerprint density at radius 3 is 2.53 bits per heavy atom. The molecule has 19 heavy (non-hydrogen) atoms. The van der Waals surface area contributed by atoms with Gasteiger partial charge in [-0.25, -0.2) is 0 Å². The molecular weight excluding hydrogens is 268 g/mol. The Bertz CT molecular complexity index is 445. The average Bonchev–Trinajstić information content (AvgIpc) is 2.67. The van der Waals surface area contributed by atoms with Gasteiger partial charge < -0.3 is 19.7 Å². The number of hydrogen-bond acceptors (Lipinski definition) is 6. The number of aromatic nitrogens is 3. The first kappa shape index (κ1) is 15.9. The van der Waals surface area contributed by atoms with Gasteiger partial charge in [0.1, 0.15) is 6.61 Å². The smallest absolute Gasteiger partial charge is 0.313 e. The van der Waals surface area contributed by atoms with Crippen molar-refractivity contribution in [1.82, 2.24) is 19.7 Å². The molecular formula is C11H20N4O3S. The molecule has 0 bridgehead atoms. The van der Waals surface area contributed by atoms with Crippen molar-refractivity contribution in [2.75, 3.05) is 19.8 Å². The highest BCUT2D eigenvalue weighted by Crippen LogP contribution is 2.21. The highest BCUT2D eigenvalue weighted by molar-refractivity contribution is 7.99. The molecule has 0 radical (unpaired) electrons. The highest BCUT2D eigenvalue weighted by atomic mass is 32.2. The van der Waals surface area contributed by atoms with Crippen LogP contribution >= 0.6 is 11.8 Å². The summed E-state index contributed by atoms with van der Waals surface area (Å²) in [6.45, 7) is 4.47. The molecule has 1 aromatic rings. The van der Waals surface area contributed by atoms with E-state index in [-0.39, 0.29) is 17.9 Å². The summed E-state index contributed by atoms with van der Waals surface area (Å²) in [7, 11) is 3.93. The summed E-state index contributed by atoms with van der Waals surface area (Å²) in [4.78, 5) is 12.7. The lowest BCUT2D eigenvalue weighted by atomic mass is 10.0. The third-order valence-electron chi connectivity index (χ3n) is 3.02. The maximum Gasteiger partial charge on any atom is 0.313 e. The van der Waals surface area contributed by atoms with E-state index in [2.05, 4.69) is 28.9 Å². The summed E-state index contributed by atoms with van der Waals surface area (Å²) in [5.41, 5.74) is -0.162. The maximum atomic E-state index is 10.6. The van der Waals surface area contributed by atoms with Crippen LogP contribution in [-0.2, 0) is 17.9 Å². The van der Waals surface area contributed by atoms with E-state index in [1.165, 1.54) is 0 Å². The second kappa shape index (κ2) is 6.36. The lowest BCUT2D eigenvalue weighted by molar-refractivity contribution is -0.133. The Kier molecular flexibility index (Phi) is 5.33. The van der Waals surface area contributed by atoms with Crippen molar-refractivity contribution in [2.24, 2.45) is 0 Å². The number of rotatable bonds is 7. The minimum Gasteiger partial charge on any atom is -0.481 e. The minimum absolute atomic E-state index is 0.0774. The molecule has 0 saturated carbocycles. The number of carbonyl (C=O) groups is 1. The van der Waals surface area contributed by atoms with Gasteiger partial charge in [-0.2, -0.15) is 0 Å². The highest BCUT2D eigenvalue weighted by Gasteiger charge is 2.25. The van der Waals surface area contributed by atoms with Crippen LogP contribution in [0.25, 0.3) is 0 Å². The van der Waals surface area contributed by atoms with Crippen molar-refractivity contribution in [3.63, 3.8) is 0 Å². The Morgan fingerprint density at radius 2 is 2.05 bits per heavy atom. The van der Waals surface area contributed by atoms with Crippen LogP contribution in [0.3, 0.4) is 0 Å². The Hall–Kier alpha value is -1.12. The van der Waals surface area contributed by atoms with Crippen LogP contribution in [0.15, 0.2) is 5.16 Å². The van der Waals surface area contributed by atoms with E-state index in [4.69, 9.17) is 5.11 Å². The van der Waals surface area contributed by atoms with Gasteiger partial charge in [-0.15, -0.1) is 10.2 Å². The zero-order valence-corrected chi connectivity index (χ0v) is 12.4. The Balaban J connectivity index is 2.96. The van der Waals surface area contributed by atoms with Crippen molar-refractivity contribution in [1.29, 1.82) is 0 Å². The number of carboxylic acids is 1. The van der Waals surface area contributed by atoms with Crippen LogP contribution in [0.4, 0.5) is 0 Å². The normalized spacial score (nSPS) is 12.1. The number of aliphatic hydroxyl groups excluding tert-OH is 1. The quantitative estimate of drug-likeness (QED) is 0.697. The zero-order chi connectivity index (χ0) is 14.6. The maximum absolute atomic E-state index is 10.6. The molecule has 1 heterocycles. The number of likely N-dealkylation sites (N-methyl/N-ethyl adjacent to an activating group) is 1. The van der Waals surface area contributed by atoms with Crippen LogP contribution in [-0.4, -0.2) is 61.2 Å². The van der Waals surface area contributed by atoms with E-state index < -0.39 is 5.97 Å². The monoisotopic (exact) mass is 288 g/mol. The summed E-state index contributed by atoms with van der Waals surface area (Å²) in [6.07, 6.45) is 0. The third kappa shape index (κ3) is 4.19. The minimum atomic E-state index is -0.906. The van der Waals surface area contributed by atoms with Gasteiger partial charge in [0.2, 0.25) is 0 Å². The van der Waals surface area contributed by atoms with Crippen LogP contribution < -0.4 is 0 Å². The molecule has 0 saturated heterocycles. The van der Waals surface area contributed by atoms with Gasteiger partial charge >= 0.3 is 5.97 Å². The lowest BCUT2D eigenvalue weighted by Crippen LogP contribution is -2.42. The van der Waals surface area contributed by atoms with Gasteiger partial charge in [-0.05, 0) is 27.9 Å². The van der Waals surface area contributed by atoms with E-state index in [1.807, 2.05) is 14.1 Å². The largest absolute Gasteiger partial charge is 0.481 e. The molecule has 0 aromatic carbocycles. The zero-order valence-electron chi connectivity index (χ0n) is 11.6. The molecule has 0 unspecified atom stereocenters. The fourth-order valence-corrected chi connectivity index (χ4v) is 2.03. The number of nitrogens with zero attached hydrogens (tertiary/aromatic N) is 4. The summed E-state index contributed by atoms with van der Waals surface area (Å²) in [5.74, 6) is -0.536. The molecule has 0 fully saturated rings. The van der Waals surface area contributed by atoms with Gasteiger partial charge in [0, 0.05) is 12.1 Å². The van der Waals surface area contributed by atoms with Crippen molar-refractivity contribution in [3.8, 4) is 0 Å². The van der Waals surface area contributed by atoms with Gasteiger partial charge in [0.15, 0.2) is 11.0 Å². The number of aliphatic hydroxyl groups is 1. The number of thioether (sulfide) groups is 1. The molecule has 1 rings (SSSR count). The van der Waals surface area contributed by atoms with Gasteiger partial charge in [0.05, 0.1) is 5.75 Å². The molecule has 8 heteroatoms. The molecule has 0 amide bonds. The van der Waals surface area contributed by atoms with Gasteiger partial charge in [-0.1, -0.05) is 11.8 Å². The van der Waals surface area contributed by atoms with Crippen molar-refractivity contribution < 1.29 is 15.0 Å². The summed E-state index contributed by atoms with van der Waals surface area (Å²) < 4.78 is 1.77. The summed E-state index contributed by atoms with van der Waals surface area (Å²) in [5, 5.41) is 26.3. The first-order chi connectivity index (χ1) is 8.77. The molecule has 1 aromatic heterocycles. The van der Waals surface area contributed by atoms with E-state index in [9.17, 15) is 9.90 Å². The molecule has 0 atom stereocenters. The second-order valence-electron chi connectivity index (χ2n) is 5.03. The molecule has 2 N–H and O–H groups in total. The number of hydrogen-bond donors (Lipinski definition) is 2. The number of aliphatic carboxylic acids is 1. The van der Waals surface area contributed by atoms with E-state index in [1.54, 1.807) is 4.57 Å². The first-order valence-electron chi connectivity index (χ1n) is 5.83. The van der Waals surface area contributed by atoms with E-state index in [0.29, 0.717) is 17.5 Å². The standard InChI is InChI=1S/C11H20N4O3S/c1-11(2,14(3)4)7-15-8(5-16)12-13-10(15)19-6-9(17)18/h16H,5-7H2,1-4H3,(H,17,18). The third-order valence-corrected chi connectivity index (χ3v) is 3.97. The van der Waals surface area contributed by atoms with Crippen molar-refractivity contribution in [3.05, 3.63) is 5.82 Å². The molecule has 0 spiro atoms. The second-order valence-corrected chi connectivity index (χ2v) is 5.97. The first-order valence-corrected chi connectivity index (χ1v) is 6.81. The van der Waals surface area contributed by atoms with Crippen LogP contribution in [0.5, 0.6) is 0 Å². The SMILES string of the molecule is CN(C)C(C)(C)Cn1c(CO)nnc1SCC(=O)O. The Morgan fingerprint density at radius 1 is 1.42 bits per heavy atom. The average molecular weight is 288 g/mol. The van der Waals surface area contributed by atoms with Gasteiger partial charge in [-0.3, -0.25) is 4.79 Å². The fraction of sp³-hybridized carbons (Fsp3) is 0.727. The molecule has 108 valence electrons. The van der Waals surface area contributed by atoms with Crippen molar-refractivity contribution in [2.45, 2.75) is 37.7 Å². The molecule has 7 nitrogen and oxygen atoms in total. The predicted molar refractivity (Wildman–Crippen MR) is 72.1 cm³/mol. The number of carboxylic acid groups (broad SMARTS) is 1. The summed E-state index contributed by atoms with van der Waals surface area (Å²) >= 11 is 1.10. The molecule has 0 aliphatic carbocycles. The van der Waals surface area contributed by atoms with Crippen LogP contribution in [0.2, 0.25) is 0 Å². The topological polar surface area (TPSA) is 91.5 Å². The Labute approximate surface area is 116 Å². The summed E-state index contributed by atoms with van der Waals surface area (Å²) in [6, 6.07) is 0. The van der Waals surface area contributed by atoms with Gasteiger partial charge in [0.25, 0.3) is 0 Å². The van der Waals surface area contributed by atoms with Crippen LogP contribution in [0, 0.1) is 0 Å². The van der Waals surface area contributed by atoms with E-state index >= 15 is 0 Å². The molecule has 0 aliphatic heterocycles.